The van der Waals surface area contributed by atoms with Crippen LogP contribution in [-0.4, -0.2) is 32.3 Å². The number of hydrogen-bond acceptors (Lipinski definition) is 5. The van der Waals surface area contributed by atoms with E-state index in [-0.39, 0.29) is 17.5 Å². The number of imidazole rings is 1. The molecule has 1 N–H and O–H groups in total. The molecule has 8 heteroatoms. The monoisotopic (exact) mass is 395 g/mol. The molecule has 1 aliphatic carbocycles. The van der Waals surface area contributed by atoms with Crippen molar-refractivity contribution in [1.82, 2.24) is 19.3 Å². The number of benzene rings is 1. The molecule has 3 aromatic rings. The Morgan fingerprint density at radius 3 is 2.66 bits per heavy atom. The van der Waals surface area contributed by atoms with Gasteiger partial charge in [0.2, 0.25) is 5.91 Å². The van der Waals surface area contributed by atoms with Gasteiger partial charge in [0.05, 0.1) is 36.2 Å². The van der Waals surface area contributed by atoms with Gasteiger partial charge in [0.25, 0.3) is 0 Å². The fourth-order valence-electron chi connectivity index (χ4n) is 4.17. The van der Waals surface area contributed by atoms with Crippen LogP contribution in [0.5, 0.6) is 5.75 Å². The number of amides is 1. The number of methoxy groups -OCH3 is 1. The van der Waals surface area contributed by atoms with Crippen molar-refractivity contribution >= 4 is 22.6 Å². The number of nitrogens with zero attached hydrogens (tertiary/aromatic N) is 4. The maximum absolute atomic E-state index is 12.7. The summed E-state index contributed by atoms with van der Waals surface area (Å²) < 4.78 is 8.84. The van der Waals surface area contributed by atoms with Gasteiger partial charge in [0.1, 0.15) is 5.75 Å². The smallest absolute Gasteiger partial charge is 0.328 e. The normalized spacial score (nSPS) is 19.2. The van der Waals surface area contributed by atoms with Gasteiger partial charge in [-0.05, 0) is 49.8 Å². The molecule has 0 bridgehead atoms. The van der Waals surface area contributed by atoms with Crippen LogP contribution < -0.4 is 15.7 Å². The highest BCUT2D eigenvalue weighted by Crippen LogP contribution is 2.31. The van der Waals surface area contributed by atoms with Crippen LogP contribution in [0, 0.1) is 11.8 Å². The largest absolute Gasteiger partial charge is 0.497 e. The summed E-state index contributed by atoms with van der Waals surface area (Å²) in [6.07, 6.45) is 6.57. The van der Waals surface area contributed by atoms with Gasteiger partial charge >= 0.3 is 5.69 Å². The van der Waals surface area contributed by atoms with Gasteiger partial charge in [-0.1, -0.05) is 0 Å². The Labute approximate surface area is 168 Å². The summed E-state index contributed by atoms with van der Waals surface area (Å²) in [7, 11) is 3.42. The fourth-order valence-corrected chi connectivity index (χ4v) is 4.17. The Bertz CT molecular complexity index is 1070. The summed E-state index contributed by atoms with van der Waals surface area (Å²) in [6, 6.07) is 7.44. The Morgan fingerprint density at radius 2 is 1.97 bits per heavy atom. The highest BCUT2D eigenvalue weighted by atomic mass is 16.5. The molecule has 1 fully saturated rings. The van der Waals surface area contributed by atoms with Gasteiger partial charge in [-0.2, -0.15) is 10.2 Å². The van der Waals surface area contributed by atoms with Crippen molar-refractivity contribution in [3.8, 4) is 5.75 Å². The predicted molar refractivity (Wildman–Crippen MR) is 110 cm³/mol. The maximum atomic E-state index is 12.7. The average Bonchev–Trinajstić information content (AvgIpc) is 2.99. The fraction of sp³-hybridized carbons (Fsp3) is 0.429. The minimum Gasteiger partial charge on any atom is -0.497 e. The quantitative estimate of drug-likeness (QED) is 0.717. The van der Waals surface area contributed by atoms with Crippen LogP contribution in [0.25, 0.3) is 11.0 Å². The van der Waals surface area contributed by atoms with Crippen molar-refractivity contribution in [2.75, 3.05) is 12.4 Å². The lowest BCUT2D eigenvalue weighted by Crippen LogP contribution is -2.30. The van der Waals surface area contributed by atoms with E-state index in [0.29, 0.717) is 18.2 Å². The molecule has 152 valence electrons. The van der Waals surface area contributed by atoms with E-state index in [9.17, 15) is 9.59 Å². The zero-order valence-corrected chi connectivity index (χ0v) is 16.7. The number of rotatable bonds is 5. The van der Waals surface area contributed by atoms with Gasteiger partial charge in [-0.15, -0.1) is 0 Å². The number of aryl methyl sites for hydroxylation is 1. The van der Waals surface area contributed by atoms with Crippen molar-refractivity contribution in [1.29, 1.82) is 0 Å². The standard InChI is InChI=1S/C21H25N5O3/c1-25-18-8-7-17(29-2)11-19(18)26(21(25)28)13-14-3-5-15(6-4-14)20(27)24-16-9-10-22-23-12-16/h7-12,14-15H,3-6,13H2,1-2H3,(H,22,24,27). The molecule has 29 heavy (non-hydrogen) atoms. The molecule has 1 aromatic carbocycles. The first kappa shape index (κ1) is 19.2. The minimum atomic E-state index is -0.0155. The second-order valence-electron chi connectivity index (χ2n) is 7.64. The molecule has 8 nitrogen and oxygen atoms in total. The van der Waals surface area contributed by atoms with Crippen LogP contribution in [0.3, 0.4) is 0 Å². The summed E-state index contributed by atoms with van der Waals surface area (Å²) in [4.78, 5) is 25.3. The Balaban J connectivity index is 1.43. The number of carbonyl (C=O) groups excluding carboxylic acids is 1. The van der Waals surface area contributed by atoms with Crippen LogP contribution in [0.15, 0.2) is 41.5 Å². The third-order valence-corrected chi connectivity index (χ3v) is 5.86. The van der Waals surface area contributed by atoms with E-state index in [1.807, 2.05) is 22.8 Å². The second kappa shape index (κ2) is 8.06. The van der Waals surface area contributed by atoms with Crippen LogP contribution in [0.2, 0.25) is 0 Å². The molecule has 2 heterocycles. The van der Waals surface area contributed by atoms with E-state index in [0.717, 1.165) is 42.5 Å². The third kappa shape index (κ3) is 3.87. The van der Waals surface area contributed by atoms with E-state index in [1.165, 1.54) is 0 Å². The first-order valence-corrected chi connectivity index (χ1v) is 9.87. The molecule has 0 atom stereocenters. The highest BCUT2D eigenvalue weighted by Gasteiger charge is 2.27. The van der Waals surface area contributed by atoms with Gasteiger partial charge in [0, 0.05) is 25.6 Å². The van der Waals surface area contributed by atoms with Crippen molar-refractivity contribution < 1.29 is 9.53 Å². The number of anilines is 1. The molecule has 0 spiro atoms. The molecule has 0 radical (unpaired) electrons. The van der Waals surface area contributed by atoms with Crippen LogP contribution in [0.1, 0.15) is 25.7 Å². The molecule has 2 aromatic heterocycles. The molecule has 0 unspecified atom stereocenters. The molecule has 1 aliphatic rings. The van der Waals surface area contributed by atoms with E-state index in [1.54, 1.807) is 37.2 Å². The summed E-state index contributed by atoms with van der Waals surface area (Å²) >= 11 is 0. The molecular formula is C21H25N5O3. The highest BCUT2D eigenvalue weighted by molar-refractivity contribution is 5.92. The van der Waals surface area contributed by atoms with E-state index >= 15 is 0 Å². The molecule has 1 saturated carbocycles. The van der Waals surface area contributed by atoms with Crippen LogP contribution in [0.4, 0.5) is 5.69 Å². The topological polar surface area (TPSA) is 91.0 Å². The lowest BCUT2D eigenvalue weighted by atomic mass is 9.81. The summed E-state index contributed by atoms with van der Waals surface area (Å²) in [5.74, 6) is 1.13. The summed E-state index contributed by atoms with van der Waals surface area (Å²) in [5, 5.41) is 10.4. The average molecular weight is 395 g/mol. The van der Waals surface area contributed by atoms with Crippen molar-refractivity contribution in [3.63, 3.8) is 0 Å². The Morgan fingerprint density at radius 1 is 1.17 bits per heavy atom. The Kier molecular flexibility index (Phi) is 5.33. The predicted octanol–water partition coefficient (Wildman–Crippen LogP) is 2.58. The molecule has 1 amide bonds. The number of ether oxygens (including phenoxy) is 1. The van der Waals surface area contributed by atoms with Crippen LogP contribution in [-0.2, 0) is 18.4 Å². The maximum Gasteiger partial charge on any atom is 0.328 e. The molecular weight excluding hydrogens is 370 g/mol. The minimum absolute atomic E-state index is 0.0104. The SMILES string of the molecule is COc1ccc2c(c1)n(CC1CCC(C(=O)Nc3ccnnc3)CC1)c(=O)n2C. The van der Waals surface area contributed by atoms with E-state index < -0.39 is 0 Å². The number of carbonyl (C=O) groups is 1. The third-order valence-electron chi connectivity index (χ3n) is 5.86. The number of hydrogen-bond donors (Lipinski definition) is 1. The molecule has 0 saturated heterocycles. The van der Waals surface area contributed by atoms with Gasteiger partial charge in [0.15, 0.2) is 0 Å². The second-order valence-corrected chi connectivity index (χ2v) is 7.64. The lowest BCUT2D eigenvalue weighted by Gasteiger charge is -2.28. The van der Waals surface area contributed by atoms with Crippen molar-refractivity contribution in [2.45, 2.75) is 32.2 Å². The van der Waals surface area contributed by atoms with Gasteiger partial charge in [-0.25, -0.2) is 4.79 Å². The summed E-state index contributed by atoms with van der Waals surface area (Å²) in [5.41, 5.74) is 2.44. The zero-order valence-electron chi connectivity index (χ0n) is 16.7. The number of aromatic nitrogens is 4. The van der Waals surface area contributed by atoms with Crippen molar-refractivity contribution in [3.05, 3.63) is 47.1 Å². The lowest BCUT2D eigenvalue weighted by molar-refractivity contribution is -0.121. The first-order valence-electron chi connectivity index (χ1n) is 9.87. The van der Waals surface area contributed by atoms with Gasteiger partial charge < -0.3 is 10.1 Å². The first-order chi connectivity index (χ1) is 14.1. The van der Waals surface area contributed by atoms with Crippen LogP contribution >= 0.6 is 0 Å². The van der Waals surface area contributed by atoms with Crippen molar-refractivity contribution in [2.24, 2.45) is 18.9 Å². The molecule has 0 aliphatic heterocycles. The summed E-state index contributed by atoms with van der Waals surface area (Å²) in [6.45, 7) is 0.659. The van der Waals surface area contributed by atoms with E-state index in [4.69, 9.17) is 4.74 Å². The Hall–Kier alpha value is -3.16. The number of nitrogens with one attached hydrogen (secondary N) is 1. The number of fused-ring (bicyclic) bond motifs is 1. The van der Waals surface area contributed by atoms with E-state index in [2.05, 4.69) is 15.5 Å². The molecule has 4 rings (SSSR count). The zero-order chi connectivity index (χ0) is 20.4. The van der Waals surface area contributed by atoms with Gasteiger partial charge in [-0.3, -0.25) is 13.9 Å².